The van der Waals surface area contributed by atoms with Crippen molar-refractivity contribution in [3.05, 3.63) is 23.8 Å². The predicted octanol–water partition coefficient (Wildman–Crippen LogP) is 2.13. The van der Waals surface area contributed by atoms with Gasteiger partial charge < -0.3 is 19.7 Å². The number of carbonyl (C=O) groups excluding carboxylic acids is 1. The van der Waals surface area contributed by atoms with Gasteiger partial charge in [-0.1, -0.05) is 0 Å². The highest BCUT2D eigenvalue weighted by Crippen LogP contribution is 2.31. The summed E-state index contributed by atoms with van der Waals surface area (Å²) in [4.78, 5) is 14.9. The second-order valence-corrected chi connectivity index (χ2v) is 6.54. The fraction of sp³-hybridized carbons (Fsp3) is 0.611. The Bertz CT molecular complexity index is 565. The van der Waals surface area contributed by atoms with E-state index in [1.165, 1.54) is 6.42 Å². The van der Waals surface area contributed by atoms with E-state index in [1.54, 1.807) is 7.11 Å². The van der Waals surface area contributed by atoms with Gasteiger partial charge in [0.05, 0.1) is 13.0 Å². The van der Waals surface area contributed by atoms with Crippen LogP contribution in [-0.4, -0.2) is 51.2 Å². The van der Waals surface area contributed by atoms with Crippen molar-refractivity contribution in [2.45, 2.75) is 19.3 Å². The van der Waals surface area contributed by atoms with Gasteiger partial charge in [-0.3, -0.25) is 4.79 Å². The summed E-state index contributed by atoms with van der Waals surface area (Å²) in [5, 5.41) is 3.23. The summed E-state index contributed by atoms with van der Waals surface area (Å²) in [6, 6.07) is 5.81. The number of nitrogens with zero attached hydrogens (tertiary/aromatic N) is 1. The number of piperidine rings is 1. The van der Waals surface area contributed by atoms with E-state index >= 15 is 0 Å². The van der Waals surface area contributed by atoms with Crippen molar-refractivity contribution >= 4 is 18.3 Å². The van der Waals surface area contributed by atoms with Crippen molar-refractivity contribution < 1.29 is 14.3 Å². The van der Waals surface area contributed by atoms with Gasteiger partial charge in [-0.15, -0.1) is 12.4 Å². The van der Waals surface area contributed by atoms with E-state index in [2.05, 4.69) is 5.32 Å². The third kappa shape index (κ3) is 4.14. The molecule has 1 amide bonds. The minimum atomic E-state index is -0.0806. The summed E-state index contributed by atoms with van der Waals surface area (Å²) in [5.41, 5.74) is 1.07. The normalized spacial score (nSPS) is 22.8. The molecule has 2 unspecified atom stereocenters. The molecule has 2 heterocycles. The summed E-state index contributed by atoms with van der Waals surface area (Å²) in [6.07, 6.45) is 3.03. The highest BCUT2D eigenvalue weighted by Gasteiger charge is 2.32. The van der Waals surface area contributed by atoms with Gasteiger partial charge in [0, 0.05) is 13.1 Å². The number of hydrogen-bond acceptors (Lipinski definition) is 4. The lowest BCUT2D eigenvalue weighted by molar-refractivity contribution is -0.138. The van der Waals surface area contributed by atoms with E-state index in [-0.39, 0.29) is 24.2 Å². The van der Waals surface area contributed by atoms with Gasteiger partial charge in [0.25, 0.3) is 0 Å². The van der Waals surface area contributed by atoms with Crippen LogP contribution in [0.3, 0.4) is 0 Å². The quantitative estimate of drug-likeness (QED) is 0.900. The molecule has 6 heteroatoms. The van der Waals surface area contributed by atoms with Crippen LogP contribution in [0.15, 0.2) is 18.2 Å². The molecular formula is C18H27ClN2O3. The number of ether oxygens (including phenoxy) is 2. The van der Waals surface area contributed by atoms with E-state index in [0.717, 1.165) is 49.5 Å². The third-order valence-electron chi connectivity index (χ3n) is 4.85. The lowest BCUT2D eigenvalue weighted by Crippen LogP contribution is -2.47. The predicted molar refractivity (Wildman–Crippen MR) is 96.2 cm³/mol. The van der Waals surface area contributed by atoms with E-state index < -0.39 is 0 Å². The molecule has 0 spiro atoms. The Morgan fingerprint density at radius 3 is 3.04 bits per heavy atom. The zero-order valence-electron chi connectivity index (χ0n) is 14.4. The molecule has 1 N–H and O–H groups in total. The maximum atomic E-state index is 12.9. The number of fused-ring (bicyclic) bond motifs is 1. The van der Waals surface area contributed by atoms with Gasteiger partial charge in [0.15, 0.2) is 0 Å². The van der Waals surface area contributed by atoms with Gasteiger partial charge in [-0.05, 0) is 62.5 Å². The average molecular weight is 355 g/mol. The minimum absolute atomic E-state index is 0. The molecule has 2 aliphatic rings. The summed E-state index contributed by atoms with van der Waals surface area (Å²) in [7, 11) is 3.63. The van der Waals surface area contributed by atoms with Crippen LogP contribution < -0.4 is 14.8 Å². The van der Waals surface area contributed by atoms with E-state index in [4.69, 9.17) is 9.47 Å². The van der Waals surface area contributed by atoms with Gasteiger partial charge in [0.2, 0.25) is 5.91 Å². The number of hydrogen-bond donors (Lipinski definition) is 1. The third-order valence-corrected chi connectivity index (χ3v) is 4.85. The van der Waals surface area contributed by atoms with Gasteiger partial charge in [-0.2, -0.15) is 0 Å². The number of benzene rings is 1. The Balaban J connectivity index is 0.00000208. The van der Waals surface area contributed by atoms with Gasteiger partial charge in [0.1, 0.15) is 18.1 Å². The minimum Gasteiger partial charge on any atom is -0.497 e. The molecule has 0 aliphatic carbocycles. The SMILES string of the molecule is CNCC1CCCN(C(=O)C2COc3ccc(OC)cc3C2)C1.Cl. The molecule has 0 aromatic heterocycles. The summed E-state index contributed by atoms with van der Waals surface area (Å²) in [6.45, 7) is 3.19. The number of rotatable bonds is 4. The topological polar surface area (TPSA) is 50.8 Å². The summed E-state index contributed by atoms with van der Waals surface area (Å²) in [5.74, 6) is 2.41. The number of carbonyl (C=O) groups is 1. The van der Waals surface area contributed by atoms with Crippen LogP contribution in [0.4, 0.5) is 0 Å². The largest absolute Gasteiger partial charge is 0.497 e. The Morgan fingerprint density at radius 1 is 1.46 bits per heavy atom. The van der Waals surface area contributed by atoms with Crippen LogP contribution >= 0.6 is 12.4 Å². The standard InChI is InChI=1S/C18H26N2O3.ClH/c1-19-10-13-4-3-7-20(11-13)18(21)15-8-14-9-16(22-2)5-6-17(14)23-12-15;/h5-6,9,13,15,19H,3-4,7-8,10-12H2,1-2H3;1H. The van der Waals surface area contributed by atoms with Crippen molar-refractivity contribution in [1.82, 2.24) is 10.2 Å². The summed E-state index contributed by atoms with van der Waals surface area (Å²) < 4.78 is 11.1. The van der Waals surface area contributed by atoms with Crippen LogP contribution in [0.5, 0.6) is 11.5 Å². The van der Waals surface area contributed by atoms with Crippen molar-refractivity contribution in [3.8, 4) is 11.5 Å². The molecule has 3 rings (SSSR count). The molecule has 0 bridgehead atoms. The lowest BCUT2D eigenvalue weighted by atomic mass is 9.92. The molecule has 5 nitrogen and oxygen atoms in total. The van der Waals surface area contributed by atoms with E-state index in [0.29, 0.717) is 12.5 Å². The lowest BCUT2D eigenvalue weighted by Gasteiger charge is -2.36. The molecule has 1 saturated heterocycles. The fourth-order valence-electron chi connectivity index (χ4n) is 3.64. The number of likely N-dealkylation sites (tertiary alicyclic amines) is 1. The van der Waals surface area contributed by atoms with Gasteiger partial charge >= 0.3 is 0 Å². The Kier molecular flexibility index (Phi) is 6.75. The zero-order valence-corrected chi connectivity index (χ0v) is 15.2. The number of methoxy groups -OCH3 is 1. The van der Waals surface area contributed by atoms with Crippen molar-refractivity contribution in [2.75, 3.05) is 40.4 Å². The van der Waals surface area contributed by atoms with Crippen LogP contribution in [0.25, 0.3) is 0 Å². The fourth-order valence-corrected chi connectivity index (χ4v) is 3.64. The highest BCUT2D eigenvalue weighted by atomic mass is 35.5. The van der Waals surface area contributed by atoms with Crippen LogP contribution in [0.1, 0.15) is 18.4 Å². The second kappa shape index (κ2) is 8.58. The maximum absolute atomic E-state index is 12.9. The Morgan fingerprint density at radius 2 is 2.29 bits per heavy atom. The van der Waals surface area contributed by atoms with Crippen LogP contribution in [0, 0.1) is 11.8 Å². The van der Waals surface area contributed by atoms with E-state index in [1.807, 2.05) is 30.1 Å². The van der Waals surface area contributed by atoms with Crippen molar-refractivity contribution in [3.63, 3.8) is 0 Å². The van der Waals surface area contributed by atoms with Crippen molar-refractivity contribution in [1.29, 1.82) is 0 Å². The molecule has 2 atom stereocenters. The zero-order chi connectivity index (χ0) is 16.2. The molecule has 134 valence electrons. The number of amides is 1. The summed E-state index contributed by atoms with van der Waals surface area (Å²) >= 11 is 0. The van der Waals surface area contributed by atoms with Crippen molar-refractivity contribution in [2.24, 2.45) is 11.8 Å². The van der Waals surface area contributed by atoms with Crippen LogP contribution in [-0.2, 0) is 11.2 Å². The Hall–Kier alpha value is -1.46. The Labute approximate surface area is 150 Å². The molecule has 0 radical (unpaired) electrons. The second-order valence-electron chi connectivity index (χ2n) is 6.54. The maximum Gasteiger partial charge on any atom is 0.229 e. The monoisotopic (exact) mass is 354 g/mol. The molecule has 1 aromatic rings. The average Bonchev–Trinajstić information content (AvgIpc) is 2.60. The molecule has 1 aromatic carbocycles. The van der Waals surface area contributed by atoms with Crippen LogP contribution in [0.2, 0.25) is 0 Å². The van der Waals surface area contributed by atoms with Gasteiger partial charge in [-0.25, -0.2) is 0 Å². The van der Waals surface area contributed by atoms with E-state index in [9.17, 15) is 4.79 Å². The molecule has 1 fully saturated rings. The first-order valence-corrected chi connectivity index (χ1v) is 8.44. The highest BCUT2D eigenvalue weighted by molar-refractivity contribution is 5.85. The number of halogens is 1. The smallest absolute Gasteiger partial charge is 0.229 e. The number of nitrogens with one attached hydrogen (secondary N) is 1. The first-order valence-electron chi connectivity index (χ1n) is 8.44. The molecule has 0 saturated carbocycles. The first-order chi connectivity index (χ1) is 11.2. The molecule has 24 heavy (non-hydrogen) atoms. The first kappa shape index (κ1) is 18.9. The molecule has 2 aliphatic heterocycles. The molecular weight excluding hydrogens is 328 g/mol.